The van der Waals surface area contributed by atoms with Gasteiger partial charge in [-0.25, -0.2) is 0 Å². The number of piperidine rings is 1. The fourth-order valence-electron chi connectivity index (χ4n) is 3.24. The molecule has 1 aliphatic rings. The Morgan fingerprint density at radius 3 is 2.38 bits per heavy atom. The van der Waals surface area contributed by atoms with Crippen molar-refractivity contribution in [2.75, 3.05) is 26.2 Å². The summed E-state index contributed by atoms with van der Waals surface area (Å²) in [6.45, 7) is 10.6. The van der Waals surface area contributed by atoms with Gasteiger partial charge in [-0.05, 0) is 55.9 Å². The number of benzene rings is 1. The lowest BCUT2D eigenvalue weighted by Crippen LogP contribution is -2.39. The molecule has 0 N–H and O–H groups in total. The van der Waals surface area contributed by atoms with Gasteiger partial charge >= 0.3 is 0 Å². The first-order valence-electron chi connectivity index (χ1n) is 8.00. The first kappa shape index (κ1) is 16.0. The molecule has 1 aromatic carbocycles. The second kappa shape index (κ2) is 7.60. The van der Waals surface area contributed by atoms with Gasteiger partial charge in [-0.1, -0.05) is 13.8 Å². The molecule has 1 aromatic rings. The van der Waals surface area contributed by atoms with Crippen LogP contribution in [-0.4, -0.2) is 36.9 Å². The number of rotatable bonds is 6. The predicted molar refractivity (Wildman–Crippen MR) is 85.9 cm³/mol. The van der Waals surface area contributed by atoms with E-state index >= 15 is 0 Å². The van der Waals surface area contributed by atoms with E-state index < -0.39 is 0 Å². The Labute approximate surface area is 128 Å². The van der Waals surface area contributed by atoms with E-state index in [1.807, 2.05) is 24.3 Å². The number of hydrogen-bond acceptors (Lipinski definition) is 3. The number of carbonyl (C=O) groups is 1. The van der Waals surface area contributed by atoms with E-state index in [1.165, 1.54) is 19.5 Å². The van der Waals surface area contributed by atoms with E-state index in [-0.39, 0.29) is 5.78 Å². The highest BCUT2D eigenvalue weighted by Crippen LogP contribution is 2.21. The molecule has 0 amide bonds. The zero-order valence-electron chi connectivity index (χ0n) is 13.5. The highest BCUT2D eigenvalue weighted by molar-refractivity contribution is 5.94. The van der Waals surface area contributed by atoms with E-state index in [4.69, 9.17) is 4.74 Å². The van der Waals surface area contributed by atoms with Crippen molar-refractivity contribution in [3.8, 4) is 5.75 Å². The Bertz CT molecular complexity index is 445. The average Bonchev–Trinajstić information content (AvgIpc) is 2.43. The summed E-state index contributed by atoms with van der Waals surface area (Å²) in [5, 5.41) is 0. The fraction of sp³-hybridized carbons (Fsp3) is 0.611. The summed E-state index contributed by atoms with van der Waals surface area (Å²) >= 11 is 0. The molecule has 1 heterocycles. The SMILES string of the molecule is CC(=O)c1ccc(OCCCN2C[C@H](C)C[C@@H](C)C2)cc1. The maximum Gasteiger partial charge on any atom is 0.159 e. The molecule has 0 aromatic heterocycles. The van der Waals surface area contributed by atoms with Crippen molar-refractivity contribution in [2.45, 2.75) is 33.6 Å². The van der Waals surface area contributed by atoms with Gasteiger partial charge in [0, 0.05) is 25.2 Å². The minimum Gasteiger partial charge on any atom is -0.494 e. The lowest BCUT2D eigenvalue weighted by atomic mass is 9.92. The Balaban J connectivity index is 1.68. The summed E-state index contributed by atoms with van der Waals surface area (Å²) in [5.41, 5.74) is 0.735. The Morgan fingerprint density at radius 2 is 1.81 bits per heavy atom. The number of hydrogen-bond donors (Lipinski definition) is 0. The topological polar surface area (TPSA) is 29.5 Å². The first-order valence-corrected chi connectivity index (χ1v) is 8.00. The van der Waals surface area contributed by atoms with E-state index in [1.54, 1.807) is 6.92 Å². The molecule has 0 unspecified atom stereocenters. The van der Waals surface area contributed by atoms with Crippen LogP contribution in [0.25, 0.3) is 0 Å². The highest BCUT2D eigenvalue weighted by Gasteiger charge is 2.20. The summed E-state index contributed by atoms with van der Waals surface area (Å²) < 4.78 is 5.75. The maximum atomic E-state index is 11.2. The average molecular weight is 289 g/mol. The van der Waals surface area contributed by atoms with Crippen LogP contribution in [0.3, 0.4) is 0 Å². The van der Waals surface area contributed by atoms with Crippen LogP contribution >= 0.6 is 0 Å². The van der Waals surface area contributed by atoms with Gasteiger partial charge in [0.2, 0.25) is 0 Å². The number of nitrogens with zero attached hydrogens (tertiary/aromatic N) is 1. The molecule has 0 spiro atoms. The molecule has 0 radical (unpaired) electrons. The van der Waals surface area contributed by atoms with E-state index in [9.17, 15) is 4.79 Å². The molecular weight excluding hydrogens is 262 g/mol. The standard InChI is InChI=1S/C18H27NO2/c1-14-11-15(2)13-19(12-14)9-4-10-21-18-7-5-17(6-8-18)16(3)20/h5-8,14-15H,4,9-13H2,1-3H3/t14-,15-/m1/s1. The van der Waals surface area contributed by atoms with Crippen LogP contribution in [0.15, 0.2) is 24.3 Å². The van der Waals surface area contributed by atoms with Crippen LogP contribution in [0.1, 0.15) is 44.0 Å². The minimum atomic E-state index is 0.0925. The largest absolute Gasteiger partial charge is 0.494 e. The molecular formula is C18H27NO2. The third kappa shape index (κ3) is 5.16. The van der Waals surface area contributed by atoms with Gasteiger partial charge in [0.05, 0.1) is 6.61 Å². The molecule has 2 rings (SSSR count). The molecule has 0 bridgehead atoms. The number of carbonyl (C=O) groups excluding carboxylic acids is 1. The first-order chi connectivity index (χ1) is 10.0. The third-order valence-electron chi connectivity index (χ3n) is 4.09. The second-order valence-electron chi connectivity index (χ2n) is 6.49. The van der Waals surface area contributed by atoms with E-state index in [2.05, 4.69) is 18.7 Å². The van der Waals surface area contributed by atoms with Crippen molar-refractivity contribution < 1.29 is 9.53 Å². The lowest BCUT2D eigenvalue weighted by Gasteiger charge is -2.34. The van der Waals surface area contributed by atoms with Gasteiger partial charge in [0.1, 0.15) is 5.75 Å². The van der Waals surface area contributed by atoms with Crippen LogP contribution in [0.2, 0.25) is 0 Å². The molecule has 0 saturated carbocycles. The Kier molecular flexibility index (Phi) is 5.80. The number of likely N-dealkylation sites (tertiary alicyclic amines) is 1. The van der Waals surface area contributed by atoms with Crippen molar-refractivity contribution in [3.05, 3.63) is 29.8 Å². The smallest absolute Gasteiger partial charge is 0.159 e. The molecule has 1 saturated heterocycles. The Morgan fingerprint density at radius 1 is 1.19 bits per heavy atom. The summed E-state index contributed by atoms with van der Waals surface area (Å²) in [6.07, 6.45) is 2.41. The van der Waals surface area contributed by atoms with E-state index in [0.717, 1.165) is 42.7 Å². The van der Waals surface area contributed by atoms with Crippen molar-refractivity contribution in [1.29, 1.82) is 0 Å². The monoisotopic (exact) mass is 289 g/mol. The summed E-state index contributed by atoms with van der Waals surface area (Å²) in [5.74, 6) is 2.57. The predicted octanol–water partition coefficient (Wildman–Crippen LogP) is 3.64. The third-order valence-corrected chi connectivity index (χ3v) is 4.09. The maximum absolute atomic E-state index is 11.2. The number of Topliss-reactive ketones (excluding diaryl/α,β-unsaturated/α-hetero) is 1. The Hall–Kier alpha value is -1.35. The van der Waals surface area contributed by atoms with Crippen LogP contribution < -0.4 is 4.74 Å². The second-order valence-corrected chi connectivity index (χ2v) is 6.49. The molecule has 2 atom stereocenters. The molecule has 3 heteroatoms. The van der Waals surface area contributed by atoms with Crippen molar-refractivity contribution in [1.82, 2.24) is 4.90 Å². The summed E-state index contributed by atoms with van der Waals surface area (Å²) in [4.78, 5) is 13.8. The number of ether oxygens (including phenoxy) is 1. The molecule has 0 aliphatic carbocycles. The van der Waals surface area contributed by atoms with Crippen molar-refractivity contribution in [3.63, 3.8) is 0 Å². The van der Waals surface area contributed by atoms with Crippen LogP contribution in [0.4, 0.5) is 0 Å². The molecule has 1 fully saturated rings. The van der Waals surface area contributed by atoms with Crippen LogP contribution in [0.5, 0.6) is 5.75 Å². The van der Waals surface area contributed by atoms with Gasteiger partial charge in [0.15, 0.2) is 5.78 Å². The van der Waals surface area contributed by atoms with Crippen molar-refractivity contribution >= 4 is 5.78 Å². The molecule has 3 nitrogen and oxygen atoms in total. The quantitative estimate of drug-likeness (QED) is 0.591. The van der Waals surface area contributed by atoms with E-state index in [0.29, 0.717) is 0 Å². The molecule has 21 heavy (non-hydrogen) atoms. The van der Waals surface area contributed by atoms with Crippen molar-refractivity contribution in [2.24, 2.45) is 11.8 Å². The van der Waals surface area contributed by atoms with Gasteiger partial charge in [0.25, 0.3) is 0 Å². The zero-order chi connectivity index (χ0) is 15.2. The van der Waals surface area contributed by atoms with Gasteiger partial charge in [-0.2, -0.15) is 0 Å². The van der Waals surface area contributed by atoms with Gasteiger partial charge in [-0.3, -0.25) is 4.79 Å². The summed E-state index contributed by atoms with van der Waals surface area (Å²) in [7, 11) is 0. The highest BCUT2D eigenvalue weighted by atomic mass is 16.5. The normalized spacial score (nSPS) is 23.0. The molecule has 116 valence electrons. The van der Waals surface area contributed by atoms with Gasteiger partial charge in [-0.15, -0.1) is 0 Å². The molecule has 1 aliphatic heterocycles. The van der Waals surface area contributed by atoms with Crippen LogP contribution in [0, 0.1) is 11.8 Å². The number of ketones is 1. The lowest BCUT2D eigenvalue weighted by molar-refractivity contribution is 0.101. The fourth-order valence-corrected chi connectivity index (χ4v) is 3.24. The minimum absolute atomic E-state index is 0.0925. The van der Waals surface area contributed by atoms with Gasteiger partial charge < -0.3 is 9.64 Å². The summed E-state index contributed by atoms with van der Waals surface area (Å²) in [6, 6.07) is 7.40. The zero-order valence-corrected chi connectivity index (χ0v) is 13.5. The van der Waals surface area contributed by atoms with Crippen LogP contribution in [-0.2, 0) is 0 Å².